The van der Waals surface area contributed by atoms with Crippen LogP contribution >= 0.6 is 15.9 Å². The van der Waals surface area contributed by atoms with Crippen LogP contribution in [-0.2, 0) is 0 Å². The fourth-order valence-corrected chi connectivity index (χ4v) is 3.67. The molecular formula is C25H28BrNO4. The van der Waals surface area contributed by atoms with E-state index in [4.69, 9.17) is 14.2 Å². The standard InChI is InChI=1S/C25H28BrNO4/c1-4-31-21-12-5-17(6-13-21)22(27-20-10-8-19(26)9-11-20)16-23(28)18-7-14-24(29-2)25(15-18)30-3/h5-15,22-23,27-28H,4,16H2,1-3H3. The molecule has 0 bridgehead atoms. The average molecular weight is 486 g/mol. The molecule has 0 aliphatic carbocycles. The first-order valence-corrected chi connectivity index (χ1v) is 11.0. The predicted octanol–water partition coefficient (Wildman–Crippen LogP) is 6.14. The first-order chi connectivity index (χ1) is 15.0. The first-order valence-electron chi connectivity index (χ1n) is 10.2. The Morgan fingerprint density at radius 1 is 0.871 bits per heavy atom. The van der Waals surface area contributed by atoms with E-state index in [2.05, 4.69) is 21.2 Å². The molecule has 0 saturated carbocycles. The minimum atomic E-state index is -0.695. The molecule has 5 nitrogen and oxygen atoms in total. The normalized spacial score (nSPS) is 12.7. The van der Waals surface area contributed by atoms with Gasteiger partial charge in [0.15, 0.2) is 11.5 Å². The maximum atomic E-state index is 11.0. The van der Waals surface area contributed by atoms with Crippen LogP contribution in [0.4, 0.5) is 5.69 Å². The molecule has 164 valence electrons. The molecule has 6 heteroatoms. The molecule has 0 aromatic heterocycles. The lowest BCUT2D eigenvalue weighted by Crippen LogP contribution is -2.15. The molecule has 0 spiro atoms. The van der Waals surface area contributed by atoms with E-state index < -0.39 is 6.10 Å². The van der Waals surface area contributed by atoms with Crippen LogP contribution in [0.15, 0.2) is 71.2 Å². The van der Waals surface area contributed by atoms with E-state index in [0.717, 1.165) is 27.0 Å². The van der Waals surface area contributed by atoms with Crippen molar-refractivity contribution in [1.82, 2.24) is 0 Å². The number of halogens is 1. The second-order valence-corrected chi connectivity index (χ2v) is 7.99. The van der Waals surface area contributed by atoms with Gasteiger partial charge >= 0.3 is 0 Å². The number of rotatable bonds is 10. The zero-order chi connectivity index (χ0) is 22.2. The Balaban J connectivity index is 1.85. The van der Waals surface area contributed by atoms with Crippen molar-refractivity contribution in [3.63, 3.8) is 0 Å². The van der Waals surface area contributed by atoms with Gasteiger partial charge in [-0.1, -0.05) is 34.1 Å². The Morgan fingerprint density at radius 2 is 1.52 bits per heavy atom. The highest BCUT2D eigenvalue weighted by Crippen LogP contribution is 2.35. The molecule has 3 aromatic rings. The largest absolute Gasteiger partial charge is 0.494 e. The molecule has 3 rings (SSSR count). The predicted molar refractivity (Wildman–Crippen MR) is 127 cm³/mol. The van der Waals surface area contributed by atoms with Gasteiger partial charge in [0, 0.05) is 16.6 Å². The molecule has 0 saturated heterocycles. The minimum absolute atomic E-state index is 0.111. The Hall–Kier alpha value is -2.70. The number of anilines is 1. The van der Waals surface area contributed by atoms with Gasteiger partial charge in [-0.15, -0.1) is 0 Å². The molecule has 3 aromatic carbocycles. The highest BCUT2D eigenvalue weighted by atomic mass is 79.9. The lowest BCUT2D eigenvalue weighted by molar-refractivity contribution is 0.160. The molecule has 2 N–H and O–H groups in total. The van der Waals surface area contributed by atoms with E-state index >= 15 is 0 Å². The van der Waals surface area contributed by atoms with Crippen molar-refractivity contribution < 1.29 is 19.3 Å². The van der Waals surface area contributed by atoms with Crippen LogP contribution < -0.4 is 19.5 Å². The van der Waals surface area contributed by atoms with Crippen LogP contribution in [0.1, 0.15) is 36.6 Å². The van der Waals surface area contributed by atoms with E-state index in [-0.39, 0.29) is 6.04 Å². The van der Waals surface area contributed by atoms with Gasteiger partial charge in [0.2, 0.25) is 0 Å². The van der Waals surface area contributed by atoms with Crippen molar-refractivity contribution in [3.05, 3.63) is 82.3 Å². The van der Waals surface area contributed by atoms with Gasteiger partial charge in [0.25, 0.3) is 0 Å². The second-order valence-electron chi connectivity index (χ2n) is 7.07. The monoisotopic (exact) mass is 485 g/mol. The van der Waals surface area contributed by atoms with Crippen molar-refractivity contribution in [2.45, 2.75) is 25.5 Å². The van der Waals surface area contributed by atoms with Crippen LogP contribution in [0, 0.1) is 0 Å². The van der Waals surface area contributed by atoms with Crippen molar-refractivity contribution >= 4 is 21.6 Å². The molecular weight excluding hydrogens is 458 g/mol. The van der Waals surface area contributed by atoms with Gasteiger partial charge in [-0.25, -0.2) is 0 Å². The zero-order valence-electron chi connectivity index (χ0n) is 18.0. The molecule has 0 aliphatic rings. The third-order valence-electron chi connectivity index (χ3n) is 5.03. The van der Waals surface area contributed by atoms with Gasteiger partial charge < -0.3 is 24.6 Å². The number of benzene rings is 3. The zero-order valence-corrected chi connectivity index (χ0v) is 19.6. The molecule has 0 heterocycles. The van der Waals surface area contributed by atoms with Gasteiger partial charge in [-0.2, -0.15) is 0 Å². The third kappa shape index (κ3) is 6.15. The highest BCUT2D eigenvalue weighted by Gasteiger charge is 2.20. The molecule has 2 atom stereocenters. The van der Waals surface area contributed by atoms with E-state index in [1.165, 1.54) is 0 Å². The fourth-order valence-electron chi connectivity index (χ4n) is 3.41. The summed E-state index contributed by atoms with van der Waals surface area (Å²) in [5.41, 5.74) is 2.80. The number of ether oxygens (including phenoxy) is 3. The molecule has 2 unspecified atom stereocenters. The van der Waals surface area contributed by atoms with Gasteiger partial charge in [-0.05, 0) is 66.6 Å². The molecule has 0 radical (unpaired) electrons. The summed E-state index contributed by atoms with van der Waals surface area (Å²) in [6, 6.07) is 21.3. The lowest BCUT2D eigenvalue weighted by atomic mass is 9.96. The van der Waals surface area contributed by atoms with E-state index in [1.807, 2.05) is 73.7 Å². The summed E-state index contributed by atoms with van der Waals surface area (Å²) in [4.78, 5) is 0. The van der Waals surface area contributed by atoms with Crippen molar-refractivity contribution in [1.29, 1.82) is 0 Å². The summed E-state index contributed by atoms with van der Waals surface area (Å²) in [5.74, 6) is 2.06. The van der Waals surface area contributed by atoms with Gasteiger partial charge in [-0.3, -0.25) is 0 Å². The quantitative estimate of drug-likeness (QED) is 0.361. The summed E-state index contributed by atoms with van der Waals surface area (Å²) < 4.78 is 17.3. The lowest BCUT2D eigenvalue weighted by Gasteiger charge is -2.24. The maximum Gasteiger partial charge on any atom is 0.161 e. The number of nitrogens with one attached hydrogen (secondary N) is 1. The summed E-state index contributed by atoms with van der Waals surface area (Å²) in [7, 11) is 3.18. The summed E-state index contributed by atoms with van der Waals surface area (Å²) >= 11 is 3.47. The molecule has 31 heavy (non-hydrogen) atoms. The second kappa shape index (κ2) is 11.1. The summed E-state index contributed by atoms with van der Waals surface area (Å²) in [5, 5.41) is 14.6. The number of aliphatic hydroxyl groups excluding tert-OH is 1. The summed E-state index contributed by atoms with van der Waals surface area (Å²) in [6.07, 6.45) is -0.223. The van der Waals surface area contributed by atoms with Crippen molar-refractivity contribution in [2.75, 3.05) is 26.1 Å². The molecule has 0 fully saturated rings. The smallest absolute Gasteiger partial charge is 0.161 e. The first kappa shape index (κ1) is 23.0. The number of hydrogen-bond acceptors (Lipinski definition) is 5. The van der Waals surface area contributed by atoms with Crippen LogP contribution in [-0.4, -0.2) is 25.9 Å². The maximum absolute atomic E-state index is 11.0. The van der Waals surface area contributed by atoms with Crippen molar-refractivity contribution in [3.8, 4) is 17.2 Å². The average Bonchev–Trinajstić information content (AvgIpc) is 2.80. The number of hydrogen-bond donors (Lipinski definition) is 2. The Kier molecular flexibility index (Phi) is 8.20. The number of aliphatic hydroxyl groups is 1. The van der Waals surface area contributed by atoms with Gasteiger partial charge in [0.05, 0.1) is 33.0 Å². The SMILES string of the molecule is CCOc1ccc(C(CC(O)c2ccc(OC)c(OC)c2)Nc2ccc(Br)cc2)cc1. The van der Waals surface area contributed by atoms with Gasteiger partial charge in [0.1, 0.15) is 5.75 Å². The Bertz CT molecular complexity index is 960. The van der Waals surface area contributed by atoms with Crippen LogP contribution in [0.25, 0.3) is 0 Å². The van der Waals surface area contributed by atoms with E-state index in [1.54, 1.807) is 14.2 Å². The summed E-state index contributed by atoms with van der Waals surface area (Å²) in [6.45, 7) is 2.59. The molecule has 0 aliphatic heterocycles. The molecule has 0 amide bonds. The Labute approximate surface area is 192 Å². The van der Waals surface area contributed by atoms with E-state index in [0.29, 0.717) is 24.5 Å². The van der Waals surface area contributed by atoms with Crippen molar-refractivity contribution in [2.24, 2.45) is 0 Å². The van der Waals surface area contributed by atoms with Crippen LogP contribution in [0.5, 0.6) is 17.2 Å². The Morgan fingerprint density at radius 3 is 2.13 bits per heavy atom. The topological polar surface area (TPSA) is 60.0 Å². The van der Waals surface area contributed by atoms with Crippen LogP contribution in [0.2, 0.25) is 0 Å². The van der Waals surface area contributed by atoms with Crippen LogP contribution in [0.3, 0.4) is 0 Å². The number of methoxy groups -OCH3 is 2. The van der Waals surface area contributed by atoms with E-state index in [9.17, 15) is 5.11 Å². The third-order valence-corrected chi connectivity index (χ3v) is 5.56. The highest BCUT2D eigenvalue weighted by molar-refractivity contribution is 9.10. The fraction of sp³-hybridized carbons (Fsp3) is 0.280. The minimum Gasteiger partial charge on any atom is -0.494 e.